The molecule has 0 aromatic heterocycles. The van der Waals surface area contributed by atoms with E-state index in [1.807, 2.05) is 0 Å². The summed E-state index contributed by atoms with van der Waals surface area (Å²) in [5.41, 5.74) is 0. The average molecular weight is 278 g/mol. The summed E-state index contributed by atoms with van der Waals surface area (Å²) in [5, 5.41) is 9.22. The molecule has 0 amide bonds. The maximum absolute atomic E-state index is 12.3. The Morgan fingerprint density at radius 2 is 1.78 bits per heavy atom. The molecular weight excluding hydrogens is 252 g/mol. The number of hydrogen-bond acceptors (Lipinski definition) is 3. The SMILES string of the molecule is CC(O)CCN(C)S(=O)(=O)N(C)C1CCCCC1. The van der Waals surface area contributed by atoms with Gasteiger partial charge in [0, 0.05) is 26.7 Å². The molecular formula is C12H26N2O3S. The normalized spacial score (nSPS) is 20.6. The van der Waals surface area contributed by atoms with Crippen molar-refractivity contribution in [1.82, 2.24) is 8.61 Å². The van der Waals surface area contributed by atoms with Crippen molar-refractivity contribution in [2.45, 2.75) is 57.6 Å². The van der Waals surface area contributed by atoms with Crippen molar-refractivity contribution < 1.29 is 13.5 Å². The van der Waals surface area contributed by atoms with Gasteiger partial charge in [-0.05, 0) is 26.2 Å². The molecule has 1 fully saturated rings. The molecule has 18 heavy (non-hydrogen) atoms. The van der Waals surface area contributed by atoms with Gasteiger partial charge in [-0.1, -0.05) is 19.3 Å². The first-order valence-electron chi connectivity index (χ1n) is 6.73. The summed E-state index contributed by atoms with van der Waals surface area (Å²) in [6.07, 6.45) is 5.35. The lowest BCUT2D eigenvalue weighted by Gasteiger charge is -2.33. The second-order valence-electron chi connectivity index (χ2n) is 5.28. The minimum absolute atomic E-state index is 0.137. The molecule has 0 aromatic carbocycles. The van der Waals surface area contributed by atoms with Crippen LogP contribution in [0.5, 0.6) is 0 Å². The lowest BCUT2D eigenvalue weighted by Crippen LogP contribution is -2.46. The van der Waals surface area contributed by atoms with Crippen LogP contribution in [0.25, 0.3) is 0 Å². The molecule has 1 aliphatic carbocycles. The van der Waals surface area contributed by atoms with Crippen LogP contribution in [0.2, 0.25) is 0 Å². The van der Waals surface area contributed by atoms with Gasteiger partial charge in [-0.25, -0.2) is 0 Å². The molecule has 108 valence electrons. The Bertz CT molecular complexity index is 337. The van der Waals surface area contributed by atoms with E-state index in [-0.39, 0.29) is 6.04 Å². The zero-order valence-corrected chi connectivity index (χ0v) is 12.5. The Morgan fingerprint density at radius 1 is 1.22 bits per heavy atom. The molecule has 0 bridgehead atoms. The van der Waals surface area contributed by atoms with Crippen LogP contribution >= 0.6 is 0 Å². The minimum Gasteiger partial charge on any atom is -0.393 e. The summed E-state index contributed by atoms with van der Waals surface area (Å²) in [6, 6.07) is 0.137. The molecule has 1 aliphatic rings. The summed E-state index contributed by atoms with van der Waals surface area (Å²) in [7, 11) is -0.128. The fraction of sp³-hybridized carbons (Fsp3) is 1.00. The van der Waals surface area contributed by atoms with Gasteiger partial charge in [0.15, 0.2) is 0 Å². The zero-order chi connectivity index (χ0) is 13.8. The lowest BCUT2D eigenvalue weighted by atomic mass is 9.96. The van der Waals surface area contributed by atoms with Gasteiger partial charge in [0.25, 0.3) is 10.2 Å². The highest BCUT2D eigenvalue weighted by atomic mass is 32.2. The van der Waals surface area contributed by atoms with Crippen LogP contribution in [0.4, 0.5) is 0 Å². The van der Waals surface area contributed by atoms with E-state index >= 15 is 0 Å². The maximum Gasteiger partial charge on any atom is 0.281 e. The van der Waals surface area contributed by atoms with Crippen LogP contribution in [-0.4, -0.2) is 54.9 Å². The van der Waals surface area contributed by atoms with Gasteiger partial charge in [-0.2, -0.15) is 17.0 Å². The van der Waals surface area contributed by atoms with Gasteiger partial charge in [0.05, 0.1) is 6.10 Å². The third-order valence-electron chi connectivity index (χ3n) is 3.71. The van der Waals surface area contributed by atoms with E-state index < -0.39 is 16.3 Å². The molecule has 1 N–H and O–H groups in total. The second kappa shape index (κ2) is 6.84. The van der Waals surface area contributed by atoms with Gasteiger partial charge >= 0.3 is 0 Å². The van der Waals surface area contributed by atoms with Crippen LogP contribution in [0.1, 0.15) is 45.4 Å². The molecule has 5 nitrogen and oxygen atoms in total. The van der Waals surface area contributed by atoms with Crippen molar-refractivity contribution in [3.8, 4) is 0 Å². The molecule has 0 spiro atoms. The Hall–Kier alpha value is -0.170. The highest BCUT2D eigenvalue weighted by Gasteiger charge is 2.30. The summed E-state index contributed by atoms with van der Waals surface area (Å²) in [6.45, 7) is 2.03. The molecule has 1 unspecified atom stereocenters. The number of aliphatic hydroxyl groups excluding tert-OH is 1. The fourth-order valence-electron chi connectivity index (χ4n) is 2.34. The number of aliphatic hydroxyl groups is 1. The summed E-state index contributed by atoms with van der Waals surface area (Å²) < 4.78 is 27.5. The van der Waals surface area contributed by atoms with Crippen molar-refractivity contribution in [3.05, 3.63) is 0 Å². The van der Waals surface area contributed by atoms with Gasteiger partial charge in [0.2, 0.25) is 0 Å². The van der Waals surface area contributed by atoms with Crippen molar-refractivity contribution in [1.29, 1.82) is 0 Å². The van der Waals surface area contributed by atoms with Crippen LogP contribution < -0.4 is 0 Å². The quantitative estimate of drug-likeness (QED) is 0.794. The van der Waals surface area contributed by atoms with Crippen molar-refractivity contribution in [2.24, 2.45) is 0 Å². The molecule has 1 rings (SSSR count). The van der Waals surface area contributed by atoms with E-state index in [2.05, 4.69) is 0 Å². The molecule has 0 radical (unpaired) electrons. The first-order chi connectivity index (χ1) is 8.35. The topological polar surface area (TPSA) is 60.9 Å². The van der Waals surface area contributed by atoms with E-state index in [0.29, 0.717) is 13.0 Å². The molecule has 1 atom stereocenters. The minimum atomic E-state index is -3.38. The zero-order valence-electron chi connectivity index (χ0n) is 11.7. The summed E-state index contributed by atoms with van der Waals surface area (Å²) >= 11 is 0. The predicted molar refractivity (Wildman–Crippen MR) is 72.5 cm³/mol. The molecule has 0 heterocycles. The van der Waals surface area contributed by atoms with Crippen molar-refractivity contribution >= 4 is 10.2 Å². The number of hydrogen-bond donors (Lipinski definition) is 1. The third-order valence-corrected chi connectivity index (χ3v) is 5.70. The van der Waals surface area contributed by atoms with E-state index in [9.17, 15) is 13.5 Å². The van der Waals surface area contributed by atoms with E-state index in [1.54, 1.807) is 21.0 Å². The molecule has 0 aliphatic heterocycles. The van der Waals surface area contributed by atoms with Crippen LogP contribution in [-0.2, 0) is 10.2 Å². The monoisotopic (exact) mass is 278 g/mol. The van der Waals surface area contributed by atoms with Crippen LogP contribution in [0.3, 0.4) is 0 Å². The highest BCUT2D eigenvalue weighted by molar-refractivity contribution is 7.86. The van der Waals surface area contributed by atoms with Gasteiger partial charge in [-0.3, -0.25) is 0 Å². The summed E-state index contributed by atoms with van der Waals surface area (Å²) in [5.74, 6) is 0. The van der Waals surface area contributed by atoms with Crippen LogP contribution in [0, 0.1) is 0 Å². The smallest absolute Gasteiger partial charge is 0.281 e. The second-order valence-corrected chi connectivity index (χ2v) is 7.37. The Kier molecular flexibility index (Phi) is 6.04. The molecule has 1 saturated carbocycles. The maximum atomic E-state index is 12.3. The molecule has 0 saturated heterocycles. The van der Waals surface area contributed by atoms with Crippen molar-refractivity contribution in [2.75, 3.05) is 20.6 Å². The first kappa shape index (κ1) is 15.9. The standard InChI is InChI=1S/C12H26N2O3S/c1-11(15)9-10-13(2)18(16,17)14(3)12-7-5-4-6-8-12/h11-12,15H,4-10H2,1-3H3. The number of rotatable bonds is 6. The average Bonchev–Trinajstić information content (AvgIpc) is 2.35. The summed E-state index contributed by atoms with van der Waals surface area (Å²) in [4.78, 5) is 0. The first-order valence-corrected chi connectivity index (χ1v) is 8.12. The van der Waals surface area contributed by atoms with Crippen molar-refractivity contribution in [3.63, 3.8) is 0 Å². The van der Waals surface area contributed by atoms with Gasteiger partial charge < -0.3 is 5.11 Å². The fourth-order valence-corrected chi connectivity index (χ4v) is 3.70. The lowest BCUT2D eigenvalue weighted by molar-refractivity contribution is 0.175. The Balaban J connectivity index is 2.60. The number of nitrogens with zero attached hydrogens (tertiary/aromatic N) is 2. The Morgan fingerprint density at radius 3 is 2.28 bits per heavy atom. The highest BCUT2D eigenvalue weighted by Crippen LogP contribution is 2.24. The van der Waals surface area contributed by atoms with E-state index in [4.69, 9.17) is 0 Å². The van der Waals surface area contributed by atoms with Gasteiger partial charge in [0.1, 0.15) is 0 Å². The predicted octanol–water partition coefficient (Wildman–Crippen LogP) is 1.20. The third kappa shape index (κ3) is 4.19. The largest absolute Gasteiger partial charge is 0.393 e. The van der Waals surface area contributed by atoms with E-state index in [1.165, 1.54) is 15.0 Å². The van der Waals surface area contributed by atoms with Crippen LogP contribution in [0.15, 0.2) is 0 Å². The van der Waals surface area contributed by atoms with Gasteiger partial charge in [-0.15, -0.1) is 0 Å². The molecule has 6 heteroatoms. The molecule has 0 aromatic rings. The Labute approximate surface area is 111 Å². The van der Waals surface area contributed by atoms with E-state index in [0.717, 1.165) is 25.7 Å².